The molecule has 3 aromatic rings. The SMILES string of the molecule is CC(C)(C)OC(=O)N1CCC(c2nc(Cc3ccc4occc4c3)no2)CC1. The Bertz CT molecular complexity index is 961. The van der Waals surface area contributed by atoms with Crippen LogP contribution in [-0.4, -0.2) is 39.8 Å². The molecule has 0 unspecified atom stereocenters. The highest BCUT2D eigenvalue weighted by Gasteiger charge is 2.30. The van der Waals surface area contributed by atoms with Crippen LogP contribution < -0.4 is 0 Å². The average molecular weight is 383 g/mol. The van der Waals surface area contributed by atoms with Crippen molar-refractivity contribution in [2.75, 3.05) is 13.1 Å². The van der Waals surface area contributed by atoms with E-state index >= 15 is 0 Å². The van der Waals surface area contributed by atoms with E-state index in [0.717, 1.165) is 29.4 Å². The lowest BCUT2D eigenvalue weighted by Crippen LogP contribution is -2.41. The maximum absolute atomic E-state index is 12.2. The van der Waals surface area contributed by atoms with Crippen molar-refractivity contribution in [1.82, 2.24) is 15.0 Å². The Morgan fingerprint density at radius 1 is 1.25 bits per heavy atom. The number of likely N-dealkylation sites (tertiary alicyclic amines) is 1. The van der Waals surface area contributed by atoms with E-state index < -0.39 is 5.60 Å². The molecule has 1 aliphatic heterocycles. The summed E-state index contributed by atoms with van der Waals surface area (Å²) < 4.78 is 16.3. The predicted octanol–water partition coefficient (Wildman–Crippen LogP) is 4.52. The van der Waals surface area contributed by atoms with Gasteiger partial charge in [-0.1, -0.05) is 11.2 Å². The molecule has 0 N–H and O–H groups in total. The maximum Gasteiger partial charge on any atom is 0.410 e. The fourth-order valence-electron chi connectivity index (χ4n) is 3.45. The zero-order valence-electron chi connectivity index (χ0n) is 16.5. The molecule has 0 aliphatic carbocycles. The van der Waals surface area contributed by atoms with Crippen LogP contribution in [0.5, 0.6) is 0 Å². The molecule has 4 rings (SSSR count). The number of nitrogens with zero attached hydrogens (tertiary/aromatic N) is 3. The standard InChI is InChI=1S/C21H25N3O4/c1-21(2,3)27-20(25)24-9-6-15(7-10-24)19-22-18(23-28-19)13-14-4-5-17-16(12-14)8-11-26-17/h4-5,8,11-12,15H,6-7,9-10,13H2,1-3H3. The molecule has 1 fully saturated rings. The lowest BCUT2D eigenvalue weighted by Gasteiger charge is -2.32. The van der Waals surface area contributed by atoms with Gasteiger partial charge in [0.2, 0.25) is 5.89 Å². The number of carbonyl (C=O) groups is 1. The normalized spacial score (nSPS) is 15.9. The smallest absolute Gasteiger partial charge is 0.410 e. The highest BCUT2D eigenvalue weighted by Crippen LogP contribution is 2.28. The highest BCUT2D eigenvalue weighted by molar-refractivity contribution is 5.77. The minimum Gasteiger partial charge on any atom is -0.464 e. The molecular formula is C21H25N3O4. The van der Waals surface area contributed by atoms with Crippen LogP contribution in [0.15, 0.2) is 39.5 Å². The summed E-state index contributed by atoms with van der Waals surface area (Å²) in [7, 11) is 0. The number of aromatic nitrogens is 2. The molecule has 7 heteroatoms. The second-order valence-electron chi connectivity index (χ2n) is 8.26. The van der Waals surface area contributed by atoms with Gasteiger partial charge in [-0.05, 0) is 57.4 Å². The van der Waals surface area contributed by atoms with Gasteiger partial charge in [0.05, 0.1) is 6.26 Å². The Labute approximate surface area is 163 Å². The quantitative estimate of drug-likeness (QED) is 0.661. The first-order valence-electron chi connectivity index (χ1n) is 9.64. The average Bonchev–Trinajstić information content (AvgIpc) is 3.29. The van der Waals surface area contributed by atoms with E-state index in [1.54, 1.807) is 11.2 Å². The second-order valence-corrected chi connectivity index (χ2v) is 8.26. The van der Waals surface area contributed by atoms with E-state index in [1.807, 2.05) is 39.0 Å². The van der Waals surface area contributed by atoms with Gasteiger partial charge in [0, 0.05) is 30.8 Å². The molecule has 28 heavy (non-hydrogen) atoms. The number of rotatable bonds is 3. The Balaban J connectivity index is 1.35. The van der Waals surface area contributed by atoms with Crippen LogP contribution in [0.1, 0.15) is 56.8 Å². The fourth-order valence-corrected chi connectivity index (χ4v) is 3.45. The summed E-state index contributed by atoms with van der Waals surface area (Å²) in [4.78, 5) is 18.5. The molecule has 1 aliphatic rings. The Morgan fingerprint density at radius 2 is 2.04 bits per heavy atom. The van der Waals surface area contributed by atoms with E-state index in [4.69, 9.17) is 13.7 Å². The van der Waals surface area contributed by atoms with Crippen molar-refractivity contribution in [3.8, 4) is 0 Å². The Hall–Kier alpha value is -2.83. The molecule has 0 bridgehead atoms. The number of piperidine rings is 1. The van der Waals surface area contributed by atoms with Gasteiger partial charge in [-0.2, -0.15) is 4.98 Å². The number of hydrogen-bond acceptors (Lipinski definition) is 6. The molecule has 1 aromatic carbocycles. The van der Waals surface area contributed by atoms with Crippen LogP contribution in [0.25, 0.3) is 11.0 Å². The minimum atomic E-state index is -0.477. The summed E-state index contributed by atoms with van der Waals surface area (Å²) in [6.45, 7) is 6.90. The van der Waals surface area contributed by atoms with Gasteiger partial charge in [0.25, 0.3) is 0 Å². The lowest BCUT2D eigenvalue weighted by molar-refractivity contribution is 0.0198. The van der Waals surface area contributed by atoms with Crippen molar-refractivity contribution < 1.29 is 18.5 Å². The highest BCUT2D eigenvalue weighted by atomic mass is 16.6. The van der Waals surface area contributed by atoms with Crippen LogP contribution >= 0.6 is 0 Å². The number of furan rings is 1. The first-order valence-corrected chi connectivity index (χ1v) is 9.64. The number of carbonyl (C=O) groups excluding carboxylic acids is 1. The van der Waals surface area contributed by atoms with E-state index in [0.29, 0.717) is 31.2 Å². The number of amides is 1. The number of fused-ring (bicyclic) bond motifs is 1. The van der Waals surface area contributed by atoms with Crippen molar-refractivity contribution in [3.05, 3.63) is 47.8 Å². The second kappa shape index (κ2) is 7.30. The number of ether oxygens (including phenoxy) is 1. The van der Waals surface area contributed by atoms with Crippen LogP contribution in [-0.2, 0) is 11.2 Å². The number of benzene rings is 1. The summed E-state index contributed by atoms with van der Waals surface area (Å²) in [6.07, 6.45) is 3.63. The zero-order chi connectivity index (χ0) is 19.7. The van der Waals surface area contributed by atoms with Crippen LogP contribution in [0.3, 0.4) is 0 Å². The molecule has 0 spiro atoms. The summed E-state index contributed by atoms with van der Waals surface area (Å²) in [5.74, 6) is 1.51. The summed E-state index contributed by atoms with van der Waals surface area (Å²) in [5.41, 5.74) is 1.50. The summed E-state index contributed by atoms with van der Waals surface area (Å²) in [5, 5.41) is 5.21. The van der Waals surface area contributed by atoms with Gasteiger partial charge in [-0.25, -0.2) is 4.79 Å². The van der Waals surface area contributed by atoms with Crippen LogP contribution in [0.4, 0.5) is 4.79 Å². The molecular weight excluding hydrogens is 358 g/mol. The molecule has 1 amide bonds. The monoisotopic (exact) mass is 383 g/mol. The predicted molar refractivity (Wildman–Crippen MR) is 103 cm³/mol. The molecule has 3 heterocycles. The van der Waals surface area contributed by atoms with Gasteiger partial charge >= 0.3 is 6.09 Å². The lowest BCUT2D eigenvalue weighted by atomic mass is 9.97. The fraction of sp³-hybridized carbons (Fsp3) is 0.476. The summed E-state index contributed by atoms with van der Waals surface area (Å²) >= 11 is 0. The topological polar surface area (TPSA) is 81.6 Å². The van der Waals surface area contributed by atoms with E-state index in [1.165, 1.54) is 0 Å². The van der Waals surface area contributed by atoms with Gasteiger partial charge in [0.15, 0.2) is 5.82 Å². The van der Waals surface area contributed by atoms with Gasteiger partial charge in [-0.15, -0.1) is 0 Å². The van der Waals surface area contributed by atoms with Gasteiger partial charge < -0.3 is 18.6 Å². The zero-order valence-corrected chi connectivity index (χ0v) is 16.5. The van der Waals surface area contributed by atoms with Gasteiger partial charge in [0.1, 0.15) is 11.2 Å². The maximum atomic E-state index is 12.2. The van der Waals surface area contributed by atoms with Crippen molar-refractivity contribution in [1.29, 1.82) is 0 Å². The molecule has 148 valence electrons. The third kappa shape index (κ3) is 4.18. The third-order valence-corrected chi connectivity index (χ3v) is 4.86. The van der Waals surface area contributed by atoms with E-state index in [-0.39, 0.29) is 12.0 Å². The van der Waals surface area contributed by atoms with Crippen LogP contribution in [0.2, 0.25) is 0 Å². The molecule has 2 aromatic heterocycles. The van der Waals surface area contributed by atoms with Crippen LogP contribution in [0, 0.1) is 0 Å². The van der Waals surface area contributed by atoms with Crippen molar-refractivity contribution >= 4 is 17.1 Å². The van der Waals surface area contributed by atoms with Crippen molar-refractivity contribution in [2.24, 2.45) is 0 Å². The van der Waals surface area contributed by atoms with Gasteiger partial charge in [-0.3, -0.25) is 0 Å². The first kappa shape index (κ1) is 18.5. The molecule has 0 atom stereocenters. The van der Waals surface area contributed by atoms with Crippen molar-refractivity contribution in [3.63, 3.8) is 0 Å². The molecule has 0 radical (unpaired) electrons. The molecule has 0 saturated carbocycles. The van der Waals surface area contributed by atoms with E-state index in [9.17, 15) is 4.79 Å². The van der Waals surface area contributed by atoms with E-state index in [2.05, 4.69) is 16.2 Å². The third-order valence-electron chi connectivity index (χ3n) is 4.86. The minimum absolute atomic E-state index is 0.177. The molecule has 1 saturated heterocycles. The first-order chi connectivity index (χ1) is 13.4. The van der Waals surface area contributed by atoms with Crippen molar-refractivity contribution in [2.45, 2.75) is 51.6 Å². The Kier molecular flexibility index (Phi) is 4.83. The Morgan fingerprint density at radius 3 is 2.79 bits per heavy atom. The summed E-state index contributed by atoms with van der Waals surface area (Å²) in [6, 6.07) is 7.99. The largest absolute Gasteiger partial charge is 0.464 e. The molecule has 7 nitrogen and oxygen atoms in total. The number of hydrogen-bond donors (Lipinski definition) is 0.